The fourth-order valence-corrected chi connectivity index (χ4v) is 4.96. The van der Waals surface area contributed by atoms with Crippen molar-refractivity contribution in [2.24, 2.45) is 17.8 Å². The molecule has 0 aliphatic heterocycles. The SMILES string of the molecule is S=C(CC1CCC(C2CCCCC2)CC1)Nc1ccc(Cl)cc1. The van der Waals surface area contributed by atoms with Crippen molar-refractivity contribution in [3.63, 3.8) is 0 Å². The molecular weight excluding hydrogens is 322 g/mol. The summed E-state index contributed by atoms with van der Waals surface area (Å²) in [6.07, 6.45) is 14.0. The quantitative estimate of drug-likeness (QED) is 0.596. The molecule has 2 aliphatic carbocycles. The van der Waals surface area contributed by atoms with Gasteiger partial charge in [0.25, 0.3) is 0 Å². The van der Waals surface area contributed by atoms with Crippen LogP contribution in [0.25, 0.3) is 0 Å². The maximum Gasteiger partial charge on any atom is 0.0800 e. The van der Waals surface area contributed by atoms with Gasteiger partial charge in [0.15, 0.2) is 0 Å². The third-order valence-electron chi connectivity index (χ3n) is 5.81. The summed E-state index contributed by atoms with van der Waals surface area (Å²) in [5.41, 5.74) is 1.05. The lowest BCUT2D eigenvalue weighted by Crippen LogP contribution is -2.25. The van der Waals surface area contributed by atoms with E-state index in [1.54, 1.807) is 0 Å². The van der Waals surface area contributed by atoms with Crippen LogP contribution in [0.3, 0.4) is 0 Å². The third kappa shape index (κ3) is 5.19. The highest BCUT2D eigenvalue weighted by Gasteiger charge is 2.28. The first-order chi connectivity index (χ1) is 11.2. The molecule has 2 aliphatic rings. The zero-order valence-electron chi connectivity index (χ0n) is 13.9. The number of rotatable bonds is 4. The first-order valence-corrected chi connectivity index (χ1v) is 10.0. The van der Waals surface area contributed by atoms with E-state index >= 15 is 0 Å². The molecule has 23 heavy (non-hydrogen) atoms. The second-order valence-electron chi connectivity index (χ2n) is 7.44. The lowest BCUT2D eigenvalue weighted by atomic mass is 9.70. The average Bonchev–Trinajstić information content (AvgIpc) is 2.58. The Morgan fingerprint density at radius 1 is 0.913 bits per heavy atom. The Morgan fingerprint density at radius 3 is 2.17 bits per heavy atom. The van der Waals surface area contributed by atoms with Crippen LogP contribution in [0.2, 0.25) is 5.02 Å². The van der Waals surface area contributed by atoms with Crippen molar-refractivity contribution in [1.82, 2.24) is 0 Å². The van der Waals surface area contributed by atoms with Gasteiger partial charge in [-0.2, -0.15) is 0 Å². The molecule has 0 radical (unpaired) electrons. The van der Waals surface area contributed by atoms with Gasteiger partial charge in [-0.05, 0) is 67.7 Å². The molecule has 0 aromatic heterocycles. The summed E-state index contributed by atoms with van der Waals surface area (Å²) >= 11 is 11.5. The summed E-state index contributed by atoms with van der Waals surface area (Å²) in [4.78, 5) is 0.980. The minimum atomic E-state index is 0.766. The maximum absolute atomic E-state index is 5.92. The van der Waals surface area contributed by atoms with E-state index in [4.69, 9.17) is 23.8 Å². The van der Waals surface area contributed by atoms with Crippen LogP contribution in [0.1, 0.15) is 64.2 Å². The van der Waals surface area contributed by atoms with Crippen molar-refractivity contribution >= 4 is 34.5 Å². The number of hydrogen-bond acceptors (Lipinski definition) is 1. The van der Waals surface area contributed by atoms with Gasteiger partial charge in [0.1, 0.15) is 0 Å². The summed E-state index contributed by atoms with van der Waals surface area (Å²) in [7, 11) is 0. The Balaban J connectivity index is 1.41. The zero-order chi connectivity index (χ0) is 16.1. The van der Waals surface area contributed by atoms with Crippen LogP contribution < -0.4 is 5.32 Å². The molecule has 3 rings (SSSR count). The standard InChI is InChI=1S/C20H28ClNS/c21-18-10-12-19(13-11-18)22-20(23)14-15-6-8-17(9-7-15)16-4-2-1-3-5-16/h10-13,15-17H,1-9,14H2,(H,22,23). The van der Waals surface area contributed by atoms with Gasteiger partial charge in [-0.3, -0.25) is 0 Å². The normalized spacial score (nSPS) is 26.0. The van der Waals surface area contributed by atoms with Gasteiger partial charge in [-0.25, -0.2) is 0 Å². The Bertz CT molecular complexity index is 499. The topological polar surface area (TPSA) is 12.0 Å². The molecule has 0 bridgehead atoms. The predicted octanol–water partition coefficient (Wildman–Crippen LogP) is 6.86. The van der Waals surface area contributed by atoms with Crippen LogP contribution in [0.5, 0.6) is 0 Å². The number of halogens is 1. The number of thiocarbonyl (C=S) groups is 1. The molecule has 3 heteroatoms. The van der Waals surface area contributed by atoms with E-state index in [0.717, 1.165) is 39.9 Å². The van der Waals surface area contributed by atoms with E-state index in [0.29, 0.717) is 0 Å². The van der Waals surface area contributed by atoms with Gasteiger partial charge in [0.05, 0.1) is 4.99 Å². The number of nitrogens with one attached hydrogen (secondary N) is 1. The van der Waals surface area contributed by atoms with Gasteiger partial charge in [0, 0.05) is 17.1 Å². The molecule has 0 spiro atoms. The van der Waals surface area contributed by atoms with Crippen LogP contribution in [0.4, 0.5) is 5.69 Å². The Morgan fingerprint density at radius 2 is 1.52 bits per heavy atom. The molecule has 1 aromatic rings. The third-order valence-corrected chi connectivity index (χ3v) is 6.33. The molecule has 0 saturated heterocycles. The molecule has 0 heterocycles. The van der Waals surface area contributed by atoms with Crippen LogP contribution >= 0.6 is 23.8 Å². The van der Waals surface area contributed by atoms with Crippen LogP contribution in [0.15, 0.2) is 24.3 Å². The molecule has 2 fully saturated rings. The lowest BCUT2D eigenvalue weighted by Gasteiger charge is -2.36. The highest BCUT2D eigenvalue weighted by molar-refractivity contribution is 7.80. The fraction of sp³-hybridized carbons (Fsp3) is 0.650. The summed E-state index contributed by atoms with van der Waals surface area (Å²) in [5.74, 6) is 2.82. The summed E-state index contributed by atoms with van der Waals surface area (Å²) in [5, 5.41) is 4.13. The summed E-state index contributed by atoms with van der Waals surface area (Å²) in [6, 6.07) is 7.80. The monoisotopic (exact) mass is 349 g/mol. The minimum absolute atomic E-state index is 0.766. The number of hydrogen-bond donors (Lipinski definition) is 1. The van der Waals surface area contributed by atoms with E-state index in [-0.39, 0.29) is 0 Å². The van der Waals surface area contributed by atoms with Gasteiger partial charge in [0.2, 0.25) is 0 Å². The van der Waals surface area contributed by atoms with Gasteiger partial charge < -0.3 is 5.32 Å². The van der Waals surface area contributed by atoms with E-state index in [2.05, 4.69) is 5.32 Å². The van der Waals surface area contributed by atoms with Crippen molar-refractivity contribution in [2.75, 3.05) is 5.32 Å². The Hall–Kier alpha value is -0.600. The minimum Gasteiger partial charge on any atom is -0.350 e. The van der Waals surface area contributed by atoms with E-state index in [1.807, 2.05) is 24.3 Å². The fourth-order valence-electron chi connectivity index (χ4n) is 4.48. The average molecular weight is 350 g/mol. The summed E-state index contributed by atoms with van der Waals surface area (Å²) in [6.45, 7) is 0. The van der Waals surface area contributed by atoms with Crippen molar-refractivity contribution in [3.8, 4) is 0 Å². The number of benzene rings is 1. The van der Waals surface area contributed by atoms with E-state index in [9.17, 15) is 0 Å². The molecule has 0 unspecified atom stereocenters. The van der Waals surface area contributed by atoms with Gasteiger partial charge >= 0.3 is 0 Å². The molecule has 1 aromatic carbocycles. The van der Waals surface area contributed by atoms with Crippen molar-refractivity contribution in [2.45, 2.75) is 64.2 Å². The first-order valence-electron chi connectivity index (χ1n) is 9.26. The van der Waals surface area contributed by atoms with Crippen molar-refractivity contribution < 1.29 is 0 Å². The highest BCUT2D eigenvalue weighted by atomic mass is 35.5. The van der Waals surface area contributed by atoms with Gasteiger partial charge in [-0.1, -0.05) is 55.9 Å². The van der Waals surface area contributed by atoms with Crippen LogP contribution in [0, 0.1) is 17.8 Å². The van der Waals surface area contributed by atoms with Crippen LogP contribution in [-0.2, 0) is 0 Å². The Kier molecular flexibility index (Phi) is 6.36. The zero-order valence-corrected chi connectivity index (χ0v) is 15.5. The van der Waals surface area contributed by atoms with Crippen LogP contribution in [-0.4, -0.2) is 4.99 Å². The van der Waals surface area contributed by atoms with E-state index < -0.39 is 0 Å². The number of anilines is 1. The van der Waals surface area contributed by atoms with Gasteiger partial charge in [-0.15, -0.1) is 0 Å². The smallest absolute Gasteiger partial charge is 0.0800 e. The first kappa shape index (κ1) is 17.2. The molecule has 2 saturated carbocycles. The molecule has 0 amide bonds. The second-order valence-corrected chi connectivity index (χ2v) is 8.37. The molecule has 0 atom stereocenters. The van der Waals surface area contributed by atoms with E-state index in [1.165, 1.54) is 57.8 Å². The lowest BCUT2D eigenvalue weighted by molar-refractivity contribution is 0.169. The summed E-state index contributed by atoms with van der Waals surface area (Å²) < 4.78 is 0. The molecule has 126 valence electrons. The second kappa shape index (κ2) is 8.48. The molecule has 1 N–H and O–H groups in total. The maximum atomic E-state index is 5.92. The highest BCUT2D eigenvalue weighted by Crippen LogP contribution is 2.40. The van der Waals surface area contributed by atoms with Crippen molar-refractivity contribution in [1.29, 1.82) is 0 Å². The van der Waals surface area contributed by atoms with Crippen molar-refractivity contribution in [3.05, 3.63) is 29.3 Å². The predicted molar refractivity (Wildman–Crippen MR) is 104 cm³/mol. The Labute approximate surface area is 151 Å². The molecule has 1 nitrogen and oxygen atoms in total. The molecular formula is C20H28ClNS. The largest absolute Gasteiger partial charge is 0.350 e.